The molecule has 0 saturated heterocycles. The monoisotopic (exact) mass is 411 g/mol. The molecule has 0 spiro atoms. The average molecular weight is 412 g/mol. The number of aryl methyl sites for hydroxylation is 2. The Morgan fingerprint density at radius 3 is 2.67 bits per heavy atom. The van der Waals surface area contributed by atoms with Crippen molar-refractivity contribution in [3.8, 4) is 11.3 Å². The van der Waals surface area contributed by atoms with Gasteiger partial charge in [-0.25, -0.2) is 4.68 Å². The molecule has 1 aromatic heterocycles. The highest BCUT2D eigenvalue weighted by molar-refractivity contribution is 7.07. The first-order valence-electron chi connectivity index (χ1n) is 9.92. The molecule has 1 heterocycles. The van der Waals surface area contributed by atoms with Crippen molar-refractivity contribution >= 4 is 27.8 Å². The molecule has 0 bridgehead atoms. The number of hydrogen-bond acceptors (Lipinski definition) is 3. The summed E-state index contributed by atoms with van der Waals surface area (Å²) in [5.74, 6) is 0. The highest BCUT2D eigenvalue weighted by Crippen LogP contribution is 2.26. The van der Waals surface area contributed by atoms with Crippen LogP contribution in [0.1, 0.15) is 16.7 Å². The second kappa shape index (κ2) is 8.56. The number of benzene rings is 3. The van der Waals surface area contributed by atoms with Crippen LogP contribution in [-0.4, -0.2) is 11.2 Å². The Labute approximate surface area is 181 Å². The Morgan fingerprint density at radius 1 is 1.07 bits per heavy atom. The summed E-state index contributed by atoms with van der Waals surface area (Å²) in [5.41, 5.74) is 10.2. The van der Waals surface area contributed by atoms with E-state index in [9.17, 15) is 0 Å². The molecule has 3 nitrogen and oxygen atoms in total. The van der Waals surface area contributed by atoms with Crippen molar-refractivity contribution in [1.29, 1.82) is 0 Å². The Morgan fingerprint density at radius 2 is 1.87 bits per heavy atom. The fourth-order valence-electron chi connectivity index (χ4n) is 3.46. The average Bonchev–Trinajstić information content (AvgIpc) is 3.16. The first-order chi connectivity index (χ1) is 14.6. The number of rotatable bonds is 6. The van der Waals surface area contributed by atoms with E-state index in [1.54, 1.807) is 17.4 Å². The third kappa shape index (κ3) is 3.87. The molecule has 0 amide bonds. The molecule has 4 rings (SSSR count). The highest BCUT2D eigenvalue weighted by atomic mass is 32.1. The van der Waals surface area contributed by atoms with Crippen molar-refractivity contribution < 1.29 is 0 Å². The number of aromatic nitrogens is 1. The third-order valence-electron chi connectivity index (χ3n) is 5.23. The minimum atomic E-state index is 0.565. The molecule has 4 aromatic rings. The largest absolute Gasteiger partial charge is 0.292 e. The zero-order chi connectivity index (χ0) is 21.1. The first kappa shape index (κ1) is 19.9. The van der Waals surface area contributed by atoms with E-state index in [2.05, 4.69) is 103 Å². The number of hydrogen-bond donors (Lipinski definition) is 1. The van der Waals surface area contributed by atoms with Crippen LogP contribution in [0.2, 0.25) is 0 Å². The normalized spacial score (nSPS) is 11.6. The van der Waals surface area contributed by atoms with Crippen LogP contribution in [-0.2, 0) is 0 Å². The van der Waals surface area contributed by atoms with Gasteiger partial charge < -0.3 is 0 Å². The van der Waals surface area contributed by atoms with Gasteiger partial charge >= 0.3 is 0 Å². The molecule has 0 aliphatic carbocycles. The lowest BCUT2D eigenvalue weighted by molar-refractivity contribution is 0.905. The van der Waals surface area contributed by atoms with E-state index >= 15 is 0 Å². The minimum Gasteiger partial charge on any atom is -0.292 e. The van der Waals surface area contributed by atoms with Crippen LogP contribution in [0, 0.1) is 13.8 Å². The Bertz CT molecular complexity index is 1300. The van der Waals surface area contributed by atoms with Gasteiger partial charge in [-0.2, -0.15) is 0 Å². The molecule has 0 fully saturated rings. The maximum atomic E-state index is 4.68. The predicted molar refractivity (Wildman–Crippen MR) is 130 cm³/mol. The molecule has 0 saturated carbocycles. The van der Waals surface area contributed by atoms with Crippen LogP contribution >= 0.6 is 11.3 Å². The summed E-state index contributed by atoms with van der Waals surface area (Å²) in [5, 5.41) is 4.50. The molecule has 0 aliphatic heterocycles. The maximum absolute atomic E-state index is 4.68. The number of thiazole rings is 1. The van der Waals surface area contributed by atoms with E-state index < -0.39 is 0 Å². The fourth-order valence-corrected chi connectivity index (χ4v) is 4.31. The molecule has 0 aliphatic rings. The fraction of sp³-hybridized carbons (Fsp3) is 0.115. The van der Waals surface area contributed by atoms with E-state index in [0.29, 0.717) is 6.54 Å². The van der Waals surface area contributed by atoms with Crippen molar-refractivity contribution in [2.75, 3.05) is 12.0 Å². The van der Waals surface area contributed by atoms with Gasteiger partial charge in [-0.3, -0.25) is 10.4 Å². The molecule has 150 valence electrons. The predicted octanol–water partition coefficient (Wildman–Crippen LogP) is 6.29. The summed E-state index contributed by atoms with van der Waals surface area (Å²) in [6.45, 7) is 13.0. The summed E-state index contributed by atoms with van der Waals surface area (Å²) in [4.78, 5) is 5.56. The summed E-state index contributed by atoms with van der Waals surface area (Å²) in [6.07, 6.45) is 1.80. The molecular weight excluding hydrogens is 386 g/mol. The van der Waals surface area contributed by atoms with Gasteiger partial charge in [-0.15, -0.1) is 17.9 Å². The van der Waals surface area contributed by atoms with Crippen LogP contribution in [0.15, 0.2) is 90.3 Å². The SMILES string of the molecule is C=CCN=c1scc(-c2ccc(C)c(C)c2)n1NC(=C)c1cccc2ccccc12. The van der Waals surface area contributed by atoms with Crippen LogP contribution in [0.4, 0.5) is 0 Å². The molecule has 0 unspecified atom stereocenters. The molecule has 30 heavy (non-hydrogen) atoms. The lowest BCUT2D eigenvalue weighted by Crippen LogP contribution is -2.25. The molecule has 0 radical (unpaired) electrons. The lowest BCUT2D eigenvalue weighted by atomic mass is 10.0. The smallest absolute Gasteiger partial charge is 0.204 e. The van der Waals surface area contributed by atoms with Crippen LogP contribution in [0.5, 0.6) is 0 Å². The van der Waals surface area contributed by atoms with E-state index in [0.717, 1.165) is 27.3 Å². The van der Waals surface area contributed by atoms with Gasteiger partial charge in [-0.05, 0) is 41.8 Å². The second-order valence-electron chi connectivity index (χ2n) is 7.28. The summed E-state index contributed by atoms with van der Waals surface area (Å²) in [7, 11) is 0. The Balaban J connectivity index is 1.80. The van der Waals surface area contributed by atoms with Crippen LogP contribution in [0.3, 0.4) is 0 Å². The van der Waals surface area contributed by atoms with Gasteiger partial charge in [0.15, 0.2) is 0 Å². The minimum absolute atomic E-state index is 0.565. The maximum Gasteiger partial charge on any atom is 0.204 e. The van der Waals surface area contributed by atoms with Crippen LogP contribution < -0.4 is 10.2 Å². The number of nitrogens with zero attached hydrogens (tertiary/aromatic N) is 2. The molecule has 0 atom stereocenters. The standard InChI is InChI=1S/C26H25N3S/c1-5-15-27-26-29(25(17-30-26)22-14-13-18(2)19(3)16-22)28-20(4)23-12-8-10-21-9-6-7-11-24(21)23/h5-14,16-17,28H,1,4,15H2,2-3H3. The Hall–Kier alpha value is -3.37. The zero-order valence-electron chi connectivity index (χ0n) is 17.4. The molecule has 4 heteroatoms. The van der Waals surface area contributed by atoms with Gasteiger partial charge in [0.2, 0.25) is 4.80 Å². The lowest BCUT2D eigenvalue weighted by Gasteiger charge is -2.16. The quantitative estimate of drug-likeness (QED) is 0.371. The summed E-state index contributed by atoms with van der Waals surface area (Å²) in [6, 6.07) is 21.2. The van der Waals surface area contributed by atoms with Crippen molar-refractivity contribution in [3.05, 3.63) is 107 Å². The van der Waals surface area contributed by atoms with Crippen molar-refractivity contribution in [1.82, 2.24) is 4.68 Å². The van der Waals surface area contributed by atoms with Gasteiger partial charge in [-0.1, -0.05) is 67.3 Å². The summed E-state index contributed by atoms with van der Waals surface area (Å²) < 4.78 is 2.03. The first-order valence-corrected chi connectivity index (χ1v) is 10.8. The van der Waals surface area contributed by atoms with Gasteiger partial charge in [0, 0.05) is 16.5 Å². The number of nitrogens with one attached hydrogen (secondary N) is 1. The summed E-state index contributed by atoms with van der Waals surface area (Å²) >= 11 is 1.61. The second-order valence-corrected chi connectivity index (χ2v) is 8.12. The van der Waals surface area contributed by atoms with Crippen molar-refractivity contribution in [2.45, 2.75) is 13.8 Å². The topological polar surface area (TPSA) is 29.3 Å². The van der Waals surface area contributed by atoms with Crippen molar-refractivity contribution in [3.63, 3.8) is 0 Å². The van der Waals surface area contributed by atoms with Crippen LogP contribution in [0.25, 0.3) is 27.7 Å². The highest BCUT2D eigenvalue weighted by Gasteiger charge is 2.12. The van der Waals surface area contributed by atoms with E-state index in [4.69, 9.17) is 0 Å². The van der Waals surface area contributed by atoms with Gasteiger partial charge in [0.1, 0.15) is 0 Å². The van der Waals surface area contributed by atoms with Crippen molar-refractivity contribution in [2.24, 2.45) is 4.99 Å². The number of fused-ring (bicyclic) bond motifs is 1. The Kier molecular flexibility index (Phi) is 5.68. The van der Waals surface area contributed by atoms with Gasteiger partial charge in [0.25, 0.3) is 0 Å². The van der Waals surface area contributed by atoms with E-state index in [-0.39, 0.29) is 0 Å². The third-order valence-corrected chi connectivity index (χ3v) is 6.09. The zero-order valence-corrected chi connectivity index (χ0v) is 18.2. The van der Waals surface area contributed by atoms with E-state index in [1.165, 1.54) is 21.9 Å². The molecular formula is C26H25N3S. The van der Waals surface area contributed by atoms with E-state index in [1.807, 2.05) is 4.68 Å². The molecule has 3 aromatic carbocycles. The molecule has 1 N–H and O–H groups in total. The van der Waals surface area contributed by atoms with Gasteiger partial charge in [0.05, 0.1) is 17.9 Å².